The molecular formula is C26H32N10O7. The Balaban J connectivity index is 1.21. The van der Waals surface area contributed by atoms with Gasteiger partial charge < -0.3 is 35.9 Å². The molecule has 0 radical (unpaired) electrons. The van der Waals surface area contributed by atoms with Crippen molar-refractivity contribution in [3.63, 3.8) is 0 Å². The van der Waals surface area contributed by atoms with Crippen molar-refractivity contribution in [1.82, 2.24) is 39.0 Å². The molecule has 0 bridgehead atoms. The van der Waals surface area contributed by atoms with Gasteiger partial charge in [0.15, 0.2) is 22.3 Å². The standard InChI is InChI=1S/C26H32N10O7/c1-13(41-11-35-9-29-18-20(35)31-24(27)33-22(18)37)6-15-4-3-5-16(8-15)17(43-26(39)40)7-14(2)42-12-36-10-30-19-21(36)32-25(28)34-23(19)38/h3-5,8-10,13-14,17,26,39-40H,6-7,11-12H2,1-2H3,(H3,27,31,33,37)(H3,28,32,34,38). The van der Waals surface area contributed by atoms with Gasteiger partial charge in [0.05, 0.1) is 31.0 Å². The molecule has 17 nitrogen and oxygen atoms in total. The van der Waals surface area contributed by atoms with Crippen LogP contribution in [0.3, 0.4) is 0 Å². The van der Waals surface area contributed by atoms with Crippen LogP contribution < -0.4 is 22.6 Å². The number of benzene rings is 1. The molecule has 4 heterocycles. The number of H-pyrrole nitrogens is 2. The summed E-state index contributed by atoms with van der Waals surface area (Å²) in [6.45, 7) is 1.84. The fraction of sp³-hybridized carbons (Fsp3) is 0.385. The number of rotatable bonds is 13. The molecule has 3 atom stereocenters. The molecule has 0 aliphatic heterocycles. The summed E-state index contributed by atoms with van der Waals surface area (Å²) in [7, 11) is 0. The van der Waals surface area contributed by atoms with Crippen molar-refractivity contribution in [2.75, 3.05) is 11.5 Å². The lowest BCUT2D eigenvalue weighted by Gasteiger charge is -2.24. The lowest BCUT2D eigenvalue weighted by molar-refractivity contribution is -0.262. The first-order valence-corrected chi connectivity index (χ1v) is 13.3. The summed E-state index contributed by atoms with van der Waals surface area (Å²) in [6, 6.07) is 7.49. The number of fused-ring (bicyclic) bond motifs is 2. The van der Waals surface area contributed by atoms with Crippen molar-refractivity contribution in [2.24, 2.45) is 0 Å². The summed E-state index contributed by atoms with van der Waals surface area (Å²) < 4.78 is 20.5. The third-order valence-corrected chi connectivity index (χ3v) is 6.66. The number of aromatic nitrogens is 8. The van der Waals surface area contributed by atoms with Crippen LogP contribution in [0.4, 0.5) is 11.9 Å². The summed E-state index contributed by atoms with van der Waals surface area (Å²) in [5.74, 6) is -0.0473. The molecule has 0 fully saturated rings. The molecule has 0 spiro atoms. The molecule has 43 heavy (non-hydrogen) atoms. The lowest BCUT2D eigenvalue weighted by atomic mass is 9.99. The van der Waals surface area contributed by atoms with Gasteiger partial charge in [-0.15, -0.1) is 0 Å². The number of hydrogen-bond donors (Lipinski definition) is 6. The number of nitrogen functional groups attached to an aromatic ring is 2. The van der Waals surface area contributed by atoms with Crippen LogP contribution in [0.2, 0.25) is 0 Å². The van der Waals surface area contributed by atoms with Gasteiger partial charge in [0, 0.05) is 6.42 Å². The highest BCUT2D eigenvalue weighted by atomic mass is 16.7. The Labute approximate surface area is 243 Å². The first-order valence-electron chi connectivity index (χ1n) is 13.3. The Morgan fingerprint density at radius 1 is 0.884 bits per heavy atom. The quantitative estimate of drug-likeness (QED) is 0.0988. The van der Waals surface area contributed by atoms with Crippen molar-refractivity contribution in [3.8, 4) is 0 Å². The first-order chi connectivity index (χ1) is 20.6. The molecule has 228 valence electrons. The number of aliphatic hydroxyl groups is 2. The predicted molar refractivity (Wildman–Crippen MR) is 153 cm³/mol. The van der Waals surface area contributed by atoms with Crippen molar-refractivity contribution in [2.45, 2.75) is 64.9 Å². The molecule has 5 aromatic rings. The van der Waals surface area contributed by atoms with Crippen LogP contribution in [0.1, 0.15) is 37.5 Å². The van der Waals surface area contributed by atoms with Gasteiger partial charge in [0.25, 0.3) is 17.6 Å². The summed E-state index contributed by atoms with van der Waals surface area (Å²) in [5, 5.41) is 19.2. The maximum absolute atomic E-state index is 12.0. The number of nitrogens with two attached hydrogens (primary N) is 2. The number of aliphatic hydroxyl groups excluding tert-OH is 1. The topological polar surface area (TPSA) is 247 Å². The molecule has 0 saturated heterocycles. The molecule has 17 heteroatoms. The normalized spacial score (nSPS) is 14.1. The predicted octanol–water partition coefficient (Wildman–Crippen LogP) is 0.101. The van der Waals surface area contributed by atoms with Crippen LogP contribution in [0, 0.1) is 0 Å². The van der Waals surface area contributed by atoms with Crippen LogP contribution in [0.15, 0.2) is 46.5 Å². The van der Waals surface area contributed by atoms with Gasteiger partial charge in [-0.1, -0.05) is 24.3 Å². The van der Waals surface area contributed by atoms with Crippen LogP contribution in [0.5, 0.6) is 0 Å². The number of nitrogens with zero attached hydrogens (tertiary/aromatic N) is 6. The Kier molecular flexibility index (Phi) is 8.78. The van der Waals surface area contributed by atoms with Gasteiger partial charge in [-0.05, 0) is 31.4 Å². The van der Waals surface area contributed by atoms with E-state index in [0.717, 1.165) is 5.56 Å². The third kappa shape index (κ3) is 7.04. The summed E-state index contributed by atoms with van der Waals surface area (Å²) >= 11 is 0. The highest BCUT2D eigenvalue weighted by Gasteiger charge is 2.21. The number of nitrogens with one attached hydrogen (secondary N) is 2. The SMILES string of the molecule is CC(Cc1cccc(C(CC(C)OCn2cnc3c(=O)[nH]c(N)nc32)OC(O)O)c1)OCn1cnc2c(=O)[nH]c(N)nc21. The molecule has 5 rings (SSSR count). The maximum atomic E-state index is 12.0. The fourth-order valence-electron chi connectivity index (χ4n) is 4.64. The largest absolute Gasteiger partial charge is 0.369 e. The number of hydrogen-bond acceptors (Lipinski definition) is 13. The highest BCUT2D eigenvalue weighted by Crippen LogP contribution is 2.26. The van der Waals surface area contributed by atoms with E-state index in [4.69, 9.17) is 25.7 Å². The second-order valence-corrected chi connectivity index (χ2v) is 10.0. The van der Waals surface area contributed by atoms with Crippen molar-refractivity contribution >= 4 is 34.2 Å². The summed E-state index contributed by atoms with van der Waals surface area (Å²) in [5.41, 5.74) is 13.0. The Morgan fingerprint density at radius 3 is 2.00 bits per heavy atom. The second-order valence-electron chi connectivity index (χ2n) is 10.0. The molecule has 8 N–H and O–H groups in total. The van der Waals surface area contributed by atoms with E-state index in [0.29, 0.717) is 17.6 Å². The first kappa shape index (κ1) is 29.8. The molecule has 4 aromatic heterocycles. The van der Waals surface area contributed by atoms with Crippen LogP contribution in [0.25, 0.3) is 22.3 Å². The molecule has 0 aliphatic carbocycles. The minimum atomic E-state index is -2.00. The lowest BCUT2D eigenvalue weighted by Crippen LogP contribution is -2.22. The van der Waals surface area contributed by atoms with E-state index in [9.17, 15) is 19.8 Å². The third-order valence-electron chi connectivity index (χ3n) is 6.66. The minimum Gasteiger partial charge on any atom is -0.369 e. The zero-order valence-corrected chi connectivity index (χ0v) is 23.4. The van der Waals surface area contributed by atoms with E-state index in [1.54, 1.807) is 9.13 Å². The Bertz CT molecular complexity index is 1830. The molecule has 0 amide bonds. The van der Waals surface area contributed by atoms with Crippen molar-refractivity contribution < 1.29 is 24.4 Å². The van der Waals surface area contributed by atoms with E-state index in [-0.39, 0.29) is 54.6 Å². The van der Waals surface area contributed by atoms with Crippen molar-refractivity contribution in [1.29, 1.82) is 0 Å². The van der Waals surface area contributed by atoms with E-state index in [1.165, 1.54) is 12.7 Å². The number of aromatic amines is 2. The van der Waals surface area contributed by atoms with Gasteiger partial charge in [0.1, 0.15) is 13.5 Å². The highest BCUT2D eigenvalue weighted by molar-refractivity contribution is 5.71. The Hall–Kier alpha value is -4.68. The molecule has 0 saturated carbocycles. The van der Waals surface area contributed by atoms with Crippen LogP contribution >= 0.6 is 0 Å². The van der Waals surface area contributed by atoms with Gasteiger partial charge >= 0.3 is 0 Å². The average molecular weight is 597 g/mol. The monoisotopic (exact) mass is 596 g/mol. The van der Waals surface area contributed by atoms with E-state index in [1.807, 2.05) is 38.1 Å². The number of anilines is 2. The average Bonchev–Trinajstić information content (AvgIpc) is 3.54. The molecule has 0 aliphatic rings. The minimum absolute atomic E-state index is 0.0115. The van der Waals surface area contributed by atoms with E-state index < -0.39 is 29.8 Å². The van der Waals surface area contributed by atoms with Gasteiger partial charge in [-0.25, -0.2) is 9.97 Å². The number of ether oxygens (including phenoxy) is 3. The Morgan fingerprint density at radius 2 is 1.44 bits per heavy atom. The maximum Gasteiger partial charge on any atom is 0.280 e. The van der Waals surface area contributed by atoms with Gasteiger partial charge in [-0.3, -0.25) is 28.7 Å². The zero-order valence-electron chi connectivity index (χ0n) is 23.4. The summed E-state index contributed by atoms with van der Waals surface area (Å²) in [4.78, 5) is 45.2. The van der Waals surface area contributed by atoms with Crippen molar-refractivity contribution in [3.05, 3.63) is 68.8 Å². The number of imidazole rings is 2. The summed E-state index contributed by atoms with van der Waals surface area (Å²) in [6.07, 6.45) is 2.33. The smallest absolute Gasteiger partial charge is 0.280 e. The van der Waals surface area contributed by atoms with Crippen LogP contribution in [-0.2, 0) is 34.1 Å². The second kappa shape index (κ2) is 12.7. The fourth-order valence-corrected chi connectivity index (χ4v) is 4.64. The van der Waals surface area contributed by atoms with Crippen LogP contribution in [-0.4, -0.2) is 67.9 Å². The zero-order chi connectivity index (χ0) is 30.7. The van der Waals surface area contributed by atoms with Gasteiger partial charge in [-0.2, -0.15) is 9.97 Å². The van der Waals surface area contributed by atoms with Gasteiger partial charge in [0.2, 0.25) is 11.9 Å². The molecule has 3 unspecified atom stereocenters. The van der Waals surface area contributed by atoms with E-state index >= 15 is 0 Å². The van der Waals surface area contributed by atoms with E-state index in [2.05, 4.69) is 29.9 Å². The molecular weight excluding hydrogens is 564 g/mol. The molecule has 1 aromatic carbocycles.